The third kappa shape index (κ3) is 4.53. The van der Waals surface area contributed by atoms with Gasteiger partial charge in [0.2, 0.25) is 0 Å². The van der Waals surface area contributed by atoms with Gasteiger partial charge in [0.15, 0.2) is 5.78 Å². The van der Waals surface area contributed by atoms with Gasteiger partial charge in [-0.3, -0.25) is 9.69 Å². The number of ketones is 1. The number of aliphatic hydroxyl groups excluding tert-OH is 1. The first-order chi connectivity index (χ1) is 9.70. The second-order valence-electron chi connectivity index (χ2n) is 5.42. The molecular weight excluding hydrogens is 365 g/mol. The van der Waals surface area contributed by atoms with Gasteiger partial charge >= 0.3 is 0 Å². The molecule has 0 amide bonds. The second-order valence-corrected chi connectivity index (χ2v) is 6.66. The van der Waals surface area contributed by atoms with Crippen LogP contribution in [0.4, 0.5) is 0 Å². The first kappa shape index (κ1) is 15.9. The third-order valence-electron chi connectivity index (χ3n) is 3.99. The highest BCUT2D eigenvalue weighted by Crippen LogP contribution is 2.22. The van der Waals surface area contributed by atoms with E-state index in [1.807, 2.05) is 24.3 Å². The fourth-order valence-corrected chi connectivity index (χ4v) is 3.24. The average molecular weight is 387 g/mol. The maximum atomic E-state index is 12.4. The lowest BCUT2D eigenvalue weighted by Gasteiger charge is -2.33. The second kappa shape index (κ2) is 8.10. The van der Waals surface area contributed by atoms with Crippen LogP contribution >= 0.6 is 22.6 Å². The van der Waals surface area contributed by atoms with E-state index in [2.05, 4.69) is 27.5 Å². The molecule has 0 atom stereocenters. The molecular formula is C16H22INO2. The highest BCUT2D eigenvalue weighted by molar-refractivity contribution is 14.1. The van der Waals surface area contributed by atoms with Crippen molar-refractivity contribution in [2.24, 2.45) is 0 Å². The predicted octanol–water partition coefficient (Wildman–Crippen LogP) is 3.10. The molecule has 2 rings (SSSR count). The SMILES string of the molecule is O=C(CN(CCO)C1CCCCC1)c1ccc(I)cc1. The summed E-state index contributed by atoms with van der Waals surface area (Å²) in [5, 5.41) is 9.23. The van der Waals surface area contributed by atoms with E-state index in [0.717, 1.165) is 22.0 Å². The Balaban J connectivity index is 1.99. The fourth-order valence-electron chi connectivity index (χ4n) is 2.88. The van der Waals surface area contributed by atoms with Gasteiger partial charge in [-0.05, 0) is 47.6 Å². The monoisotopic (exact) mass is 387 g/mol. The first-order valence-electron chi connectivity index (χ1n) is 7.34. The molecule has 0 aromatic heterocycles. The number of benzene rings is 1. The minimum atomic E-state index is 0.121. The van der Waals surface area contributed by atoms with Crippen LogP contribution in [0, 0.1) is 3.57 Å². The van der Waals surface area contributed by atoms with Crippen molar-refractivity contribution in [3.8, 4) is 0 Å². The van der Waals surface area contributed by atoms with Gasteiger partial charge < -0.3 is 5.11 Å². The van der Waals surface area contributed by atoms with Gasteiger partial charge in [0.05, 0.1) is 13.2 Å². The zero-order chi connectivity index (χ0) is 14.4. The van der Waals surface area contributed by atoms with Crippen molar-refractivity contribution in [3.63, 3.8) is 0 Å². The van der Waals surface area contributed by atoms with Gasteiger partial charge in [-0.1, -0.05) is 31.4 Å². The summed E-state index contributed by atoms with van der Waals surface area (Å²) < 4.78 is 1.14. The highest BCUT2D eigenvalue weighted by Gasteiger charge is 2.23. The molecule has 1 aromatic carbocycles. The third-order valence-corrected chi connectivity index (χ3v) is 4.71. The number of hydrogen-bond donors (Lipinski definition) is 1. The Morgan fingerprint density at radius 1 is 1.20 bits per heavy atom. The summed E-state index contributed by atoms with van der Waals surface area (Å²) in [5.74, 6) is 0.153. The average Bonchev–Trinajstić information content (AvgIpc) is 2.48. The molecule has 1 aromatic rings. The summed E-state index contributed by atoms with van der Waals surface area (Å²) in [5.41, 5.74) is 0.768. The number of aliphatic hydroxyl groups is 1. The van der Waals surface area contributed by atoms with Crippen molar-refractivity contribution < 1.29 is 9.90 Å². The number of rotatable bonds is 6. The maximum Gasteiger partial charge on any atom is 0.176 e. The minimum absolute atomic E-state index is 0.121. The Kier molecular flexibility index (Phi) is 6.45. The van der Waals surface area contributed by atoms with Crippen LogP contribution in [-0.2, 0) is 0 Å². The Morgan fingerprint density at radius 3 is 2.45 bits per heavy atom. The van der Waals surface area contributed by atoms with E-state index in [1.165, 1.54) is 19.3 Å². The van der Waals surface area contributed by atoms with E-state index in [9.17, 15) is 9.90 Å². The van der Waals surface area contributed by atoms with Crippen molar-refractivity contribution in [2.75, 3.05) is 19.7 Å². The van der Waals surface area contributed by atoms with Crippen LogP contribution in [0.2, 0.25) is 0 Å². The van der Waals surface area contributed by atoms with E-state index < -0.39 is 0 Å². The van der Waals surface area contributed by atoms with Crippen LogP contribution in [0.25, 0.3) is 0 Å². The van der Waals surface area contributed by atoms with Crippen LogP contribution in [0.15, 0.2) is 24.3 Å². The van der Waals surface area contributed by atoms with Gasteiger partial charge in [-0.2, -0.15) is 0 Å². The van der Waals surface area contributed by atoms with Gasteiger partial charge in [0, 0.05) is 21.7 Å². The first-order valence-corrected chi connectivity index (χ1v) is 8.42. The van der Waals surface area contributed by atoms with Crippen molar-refractivity contribution >= 4 is 28.4 Å². The van der Waals surface area contributed by atoms with Crippen molar-refractivity contribution in [2.45, 2.75) is 38.1 Å². The van der Waals surface area contributed by atoms with Crippen molar-refractivity contribution in [1.82, 2.24) is 4.90 Å². The molecule has 1 fully saturated rings. The maximum absolute atomic E-state index is 12.4. The standard InChI is InChI=1S/C16H22INO2/c17-14-8-6-13(7-9-14)16(20)12-18(10-11-19)15-4-2-1-3-5-15/h6-9,15,19H,1-5,10-12H2. The lowest BCUT2D eigenvalue weighted by molar-refractivity contribution is 0.0814. The Hall–Kier alpha value is -0.460. The molecule has 110 valence electrons. The van der Waals surface area contributed by atoms with Crippen LogP contribution in [0.5, 0.6) is 0 Å². The predicted molar refractivity (Wildman–Crippen MR) is 89.0 cm³/mol. The van der Waals surface area contributed by atoms with Gasteiger partial charge in [0.1, 0.15) is 0 Å². The zero-order valence-corrected chi connectivity index (χ0v) is 13.9. The van der Waals surface area contributed by atoms with Crippen molar-refractivity contribution in [3.05, 3.63) is 33.4 Å². The number of nitrogens with zero attached hydrogens (tertiary/aromatic N) is 1. The molecule has 0 bridgehead atoms. The number of carbonyl (C=O) groups is 1. The van der Waals surface area contributed by atoms with Crippen LogP contribution in [0.3, 0.4) is 0 Å². The molecule has 1 aliphatic carbocycles. The smallest absolute Gasteiger partial charge is 0.176 e. The topological polar surface area (TPSA) is 40.5 Å². The number of halogens is 1. The van der Waals surface area contributed by atoms with Gasteiger partial charge in [-0.25, -0.2) is 0 Å². The Morgan fingerprint density at radius 2 is 1.85 bits per heavy atom. The van der Waals surface area contributed by atoms with Gasteiger partial charge in [-0.15, -0.1) is 0 Å². The molecule has 3 nitrogen and oxygen atoms in total. The molecule has 0 radical (unpaired) electrons. The van der Waals surface area contributed by atoms with E-state index in [0.29, 0.717) is 19.1 Å². The Bertz CT molecular complexity index is 427. The van der Waals surface area contributed by atoms with E-state index in [1.54, 1.807) is 0 Å². The van der Waals surface area contributed by atoms with E-state index in [-0.39, 0.29) is 12.4 Å². The molecule has 0 spiro atoms. The summed E-state index contributed by atoms with van der Waals surface area (Å²) in [7, 11) is 0. The molecule has 0 unspecified atom stereocenters. The summed E-state index contributed by atoms with van der Waals surface area (Å²) in [6.45, 7) is 1.14. The van der Waals surface area contributed by atoms with Gasteiger partial charge in [0.25, 0.3) is 0 Å². The lowest BCUT2D eigenvalue weighted by Crippen LogP contribution is -2.41. The minimum Gasteiger partial charge on any atom is -0.395 e. The highest BCUT2D eigenvalue weighted by atomic mass is 127. The largest absolute Gasteiger partial charge is 0.395 e. The molecule has 1 aliphatic rings. The molecule has 0 saturated heterocycles. The van der Waals surface area contributed by atoms with Crippen LogP contribution in [-0.4, -0.2) is 41.5 Å². The Labute approximate surface area is 134 Å². The number of Topliss-reactive ketones (excluding diaryl/α,β-unsaturated/α-hetero) is 1. The molecule has 1 N–H and O–H groups in total. The number of hydrogen-bond acceptors (Lipinski definition) is 3. The summed E-state index contributed by atoms with van der Waals surface area (Å²) in [4.78, 5) is 14.5. The van der Waals surface area contributed by atoms with Crippen LogP contribution in [0.1, 0.15) is 42.5 Å². The fraction of sp³-hybridized carbons (Fsp3) is 0.562. The van der Waals surface area contributed by atoms with E-state index in [4.69, 9.17) is 0 Å². The molecule has 4 heteroatoms. The molecule has 0 aliphatic heterocycles. The van der Waals surface area contributed by atoms with Crippen molar-refractivity contribution in [1.29, 1.82) is 0 Å². The quantitative estimate of drug-likeness (QED) is 0.603. The van der Waals surface area contributed by atoms with E-state index >= 15 is 0 Å². The molecule has 20 heavy (non-hydrogen) atoms. The summed E-state index contributed by atoms with van der Waals surface area (Å²) in [6.07, 6.45) is 6.09. The molecule has 1 saturated carbocycles. The lowest BCUT2D eigenvalue weighted by atomic mass is 9.94. The van der Waals surface area contributed by atoms with Crippen LogP contribution < -0.4 is 0 Å². The summed E-state index contributed by atoms with van der Waals surface area (Å²) in [6, 6.07) is 8.17. The zero-order valence-electron chi connectivity index (χ0n) is 11.7. The normalized spacial score (nSPS) is 16.6. The summed E-state index contributed by atoms with van der Waals surface area (Å²) >= 11 is 2.24. The molecule has 0 heterocycles. The number of carbonyl (C=O) groups excluding carboxylic acids is 1.